The van der Waals surface area contributed by atoms with Gasteiger partial charge in [0.05, 0.1) is 17.8 Å². The number of amides is 3. The van der Waals surface area contributed by atoms with Crippen LogP contribution in [0.15, 0.2) is 54.6 Å². The fraction of sp³-hybridized carbons (Fsp3) is 0.346. The summed E-state index contributed by atoms with van der Waals surface area (Å²) in [5.41, 5.74) is 2.27. The molecule has 1 aliphatic rings. The molecule has 0 unspecified atom stereocenters. The van der Waals surface area contributed by atoms with E-state index in [1.54, 1.807) is 6.92 Å². The lowest BCUT2D eigenvalue weighted by atomic mass is 9.91. The molecule has 166 valence electrons. The summed E-state index contributed by atoms with van der Waals surface area (Å²) in [4.78, 5) is 40.5. The molecule has 0 bridgehead atoms. The van der Waals surface area contributed by atoms with E-state index in [0.29, 0.717) is 18.5 Å². The Bertz CT molecular complexity index is 1200. The highest BCUT2D eigenvalue weighted by Crippen LogP contribution is 2.35. The van der Waals surface area contributed by atoms with Gasteiger partial charge in [0.1, 0.15) is 5.54 Å². The minimum atomic E-state index is -0.981. The molecule has 4 rings (SSSR count). The van der Waals surface area contributed by atoms with Crippen molar-refractivity contribution in [3.63, 3.8) is 0 Å². The number of imide groups is 1. The van der Waals surface area contributed by atoms with E-state index in [9.17, 15) is 14.4 Å². The molecular formula is C26H29N3O3. The number of ketones is 1. The number of carbonyl (C=O) groups is 3. The number of aromatic nitrogens is 1. The van der Waals surface area contributed by atoms with Crippen LogP contribution in [-0.4, -0.2) is 39.3 Å². The number of hydrogen-bond donors (Lipinski definition) is 1. The second-order valence-electron chi connectivity index (χ2n) is 9.03. The van der Waals surface area contributed by atoms with Gasteiger partial charge in [-0.3, -0.25) is 14.5 Å². The maximum absolute atomic E-state index is 13.7. The zero-order valence-corrected chi connectivity index (χ0v) is 19.0. The second-order valence-corrected chi connectivity index (χ2v) is 9.03. The number of urea groups is 1. The average molecular weight is 432 g/mol. The van der Waals surface area contributed by atoms with Crippen LogP contribution in [0.4, 0.5) is 4.79 Å². The molecule has 6 heteroatoms. The van der Waals surface area contributed by atoms with E-state index in [2.05, 4.69) is 9.88 Å². The van der Waals surface area contributed by atoms with Crippen LogP contribution < -0.4 is 5.32 Å². The topological polar surface area (TPSA) is 71.4 Å². The van der Waals surface area contributed by atoms with Crippen molar-refractivity contribution in [2.24, 2.45) is 5.92 Å². The highest BCUT2D eigenvalue weighted by atomic mass is 16.2. The van der Waals surface area contributed by atoms with E-state index in [4.69, 9.17) is 0 Å². The van der Waals surface area contributed by atoms with E-state index in [-0.39, 0.29) is 24.2 Å². The fourth-order valence-corrected chi connectivity index (χ4v) is 4.88. The van der Waals surface area contributed by atoms with Crippen LogP contribution in [0.5, 0.6) is 0 Å². The first-order valence-electron chi connectivity index (χ1n) is 11.1. The number of aryl methyl sites for hydroxylation is 1. The van der Waals surface area contributed by atoms with Crippen molar-refractivity contribution >= 4 is 28.6 Å². The molecule has 1 aromatic heterocycles. The molecule has 2 aromatic carbocycles. The van der Waals surface area contributed by atoms with Gasteiger partial charge in [-0.25, -0.2) is 4.79 Å². The number of nitrogens with zero attached hydrogens (tertiary/aromatic N) is 2. The average Bonchev–Trinajstić information content (AvgIpc) is 3.20. The quantitative estimate of drug-likeness (QED) is 0.429. The molecule has 1 aliphatic heterocycles. The first-order chi connectivity index (χ1) is 15.3. The highest BCUT2D eigenvalue weighted by molar-refractivity contribution is 6.17. The molecule has 3 aromatic rings. The van der Waals surface area contributed by atoms with Gasteiger partial charge < -0.3 is 9.88 Å². The van der Waals surface area contributed by atoms with Crippen molar-refractivity contribution in [1.82, 2.24) is 14.8 Å². The molecule has 2 heterocycles. The zero-order valence-electron chi connectivity index (χ0n) is 19.0. The number of carbonyl (C=O) groups excluding carboxylic acids is 3. The molecule has 0 saturated carbocycles. The number of benzene rings is 2. The molecule has 32 heavy (non-hydrogen) atoms. The maximum atomic E-state index is 13.7. The van der Waals surface area contributed by atoms with E-state index in [1.165, 1.54) is 0 Å². The Labute approximate surface area is 188 Å². The Kier molecular flexibility index (Phi) is 5.63. The van der Waals surface area contributed by atoms with Gasteiger partial charge in [0, 0.05) is 17.4 Å². The van der Waals surface area contributed by atoms with Gasteiger partial charge in [-0.2, -0.15) is 0 Å². The summed E-state index contributed by atoms with van der Waals surface area (Å²) in [6.07, 6.45) is 0.521. The number of para-hydroxylation sites is 1. The van der Waals surface area contributed by atoms with Crippen molar-refractivity contribution in [3.05, 3.63) is 60.2 Å². The lowest BCUT2D eigenvalue weighted by Gasteiger charge is -2.23. The molecule has 0 radical (unpaired) electrons. The van der Waals surface area contributed by atoms with E-state index >= 15 is 0 Å². The fourth-order valence-electron chi connectivity index (χ4n) is 4.88. The Morgan fingerprint density at radius 2 is 1.69 bits per heavy atom. The lowest BCUT2D eigenvalue weighted by Crippen LogP contribution is -2.45. The van der Waals surface area contributed by atoms with Crippen molar-refractivity contribution in [2.45, 2.75) is 46.2 Å². The standard InChI is InChI=1S/C26H29N3O3/c1-5-28-20-14-10-9-13-19(20)22(23(28)18-11-7-6-8-12-18)21(30)16-29-24(31)26(4,15-17(2)3)27-25(29)32/h6-14,17H,5,15-16H2,1-4H3,(H,27,32)/t26-/m0/s1. The summed E-state index contributed by atoms with van der Waals surface area (Å²) in [7, 11) is 0. The highest BCUT2D eigenvalue weighted by Gasteiger charge is 2.48. The molecule has 3 amide bonds. The number of Topliss-reactive ketones (excluding diaryl/α,β-unsaturated/α-hetero) is 1. The minimum absolute atomic E-state index is 0.229. The lowest BCUT2D eigenvalue weighted by molar-refractivity contribution is -0.131. The Balaban J connectivity index is 1.78. The third kappa shape index (κ3) is 3.60. The molecule has 1 saturated heterocycles. The normalized spacial score (nSPS) is 18.6. The smallest absolute Gasteiger partial charge is 0.325 e. The maximum Gasteiger partial charge on any atom is 0.325 e. The van der Waals surface area contributed by atoms with Crippen LogP contribution in [0.1, 0.15) is 44.5 Å². The summed E-state index contributed by atoms with van der Waals surface area (Å²) >= 11 is 0. The first kappa shape index (κ1) is 21.8. The Morgan fingerprint density at radius 1 is 1.03 bits per heavy atom. The molecule has 1 N–H and O–H groups in total. The van der Waals surface area contributed by atoms with E-state index in [1.807, 2.05) is 75.4 Å². The van der Waals surface area contributed by atoms with Crippen LogP contribution in [0, 0.1) is 5.92 Å². The van der Waals surface area contributed by atoms with Crippen LogP contribution in [0.3, 0.4) is 0 Å². The van der Waals surface area contributed by atoms with Gasteiger partial charge in [0.2, 0.25) is 0 Å². The zero-order chi connectivity index (χ0) is 23.0. The monoisotopic (exact) mass is 431 g/mol. The van der Waals surface area contributed by atoms with Gasteiger partial charge in [0.15, 0.2) is 5.78 Å². The number of hydrogen-bond acceptors (Lipinski definition) is 3. The first-order valence-corrected chi connectivity index (χ1v) is 11.1. The molecule has 0 aliphatic carbocycles. The predicted molar refractivity (Wildman–Crippen MR) is 125 cm³/mol. The minimum Gasteiger partial charge on any atom is -0.340 e. The molecule has 0 spiro atoms. The third-order valence-corrected chi connectivity index (χ3v) is 6.08. The van der Waals surface area contributed by atoms with Crippen LogP contribution in [0.2, 0.25) is 0 Å². The molecular weight excluding hydrogens is 402 g/mol. The summed E-state index contributed by atoms with van der Waals surface area (Å²) in [5, 5.41) is 3.63. The second kappa shape index (κ2) is 8.26. The van der Waals surface area contributed by atoms with Crippen molar-refractivity contribution in [2.75, 3.05) is 6.54 Å². The van der Waals surface area contributed by atoms with Crippen molar-refractivity contribution in [3.8, 4) is 11.3 Å². The third-order valence-electron chi connectivity index (χ3n) is 6.08. The SMILES string of the molecule is CCn1c(-c2ccccc2)c(C(=O)CN2C(=O)N[C@@](C)(CC(C)C)C2=O)c2ccccc21. The van der Waals surface area contributed by atoms with Gasteiger partial charge in [0.25, 0.3) is 5.91 Å². The van der Waals surface area contributed by atoms with E-state index < -0.39 is 11.6 Å². The van der Waals surface area contributed by atoms with Crippen LogP contribution in [0.25, 0.3) is 22.2 Å². The van der Waals surface area contributed by atoms with Crippen molar-refractivity contribution in [1.29, 1.82) is 0 Å². The summed E-state index contributed by atoms with van der Waals surface area (Å²) in [5.74, 6) is -0.360. The van der Waals surface area contributed by atoms with Gasteiger partial charge >= 0.3 is 6.03 Å². The summed E-state index contributed by atoms with van der Waals surface area (Å²) < 4.78 is 2.12. The molecule has 6 nitrogen and oxygen atoms in total. The number of fused-ring (bicyclic) bond motifs is 1. The van der Waals surface area contributed by atoms with Crippen LogP contribution >= 0.6 is 0 Å². The molecule has 1 fully saturated rings. The predicted octanol–water partition coefficient (Wildman–Crippen LogP) is 4.87. The van der Waals surface area contributed by atoms with Gasteiger partial charge in [-0.05, 0) is 37.8 Å². The summed E-state index contributed by atoms with van der Waals surface area (Å²) in [6.45, 7) is 8.19. The number of nitrogens with one attached hydrogen (secondary N) is 1. The summed E-state index contributed by atoms with van der Waals surface area (Å²) in [6, 6.07) is 17.0. The number of rotatable bonds is 7. The largest absolute Gasteiger partial charge is 0.340 e. The van der Waals surface area contributed by atoms with E-state index in [0.717, 1.165) is 27.1 Å². The van der Waals surface area contributed by atoms with Gasteiger partial charge in [-0.1, -0.05) is 62.4 Å². The Morgan fingerprint density at radius 3 is 2.34 bits per heavy atom. The molecule has 1 atom stereocenters. The van der Waals surface area contributed by atoms with Crippen LogP contribution in [-0.2, 0) is 11.3 Å². The van der Waals surface area contributed by atoms with Gasteiger partial charge in [-0.15, -0.1) is 0 Å². The van der Waals surface area contributed by atoms with Crippen molar-refractivity contribution < 1.29 is 14.4 Å². The Hall–Kier alpha value is -3.41.